The highest BCUT2D eigenvalue weighted by Crippen LogP contribution is 2.33. The zero-order chi connectivity index (χ0) is 16.3. The van der Waals surface area contributed by atoms with E-state index in [-0.39, 0.29) is 4.90 Å². The maximum absolute atomic E-state index is 12.6. The van der Waals surface area contributed by atoms with Gasteiger partial charge in [0.25, 0.3) is 10.0 Å². The number of methoxy groups -OCH3 is 1. The van der Waals surface area contributed by atoms with Crippen molar-refractivity contribution >= 4 is 15.7 Å². The van der Waals surface area contributed by atoms with Crippen molar-refractivity contribution in [3.8, 4) is 17.2 Å². The van der Waals surface area contributed by atoms with Gasteiger partial charge in [-0.25, -0.2) is 8.42 Å². The van der Waals surface area contributed by atoms with Gasteiger partial charge in [0, 0.05) is 12.5 Å². The molecule has 0 aliphatic carbocycles. The summed E-state index contributed by atoms with van der Waals surface area (Å²) in [5.74, 6) is 1.44. The van der Waals surface area contributed by atoms with Gasteiger partial charge in [-0.2, -0.15) is 0 Å². The molecule has 2 aromatic carbocycles. The highest BCUT2D eigenvalue weighted by atomic mass is 32.2. The van der Waals surface area contributed by atoms with E-state index in [2.05, 4.69) is 4.72 Å². The Labute approximate surface area is 135 Å². The van der Waals surface area contributed by atoms with Crippen molar-refractivity contribution in [3.05, 3.63) is 42.5 Å². The molecule has 23 heavy (non-hydrogen) atoms. The Morgan fingerprint density at radius 2 is 1.78 bits per heavy atom. The molecule has 1 aliphatic rings. The monoisotopic (exact) mass is 335 g/mol. The van der Waals surface area contributed by atoms with E-state index in [0.29, 0.717) is 36.1 Å². The Morgan fingerprint density at radius 3 is 2.57 bits per heavy atom. The van der Waals surface area contributed by atoms with Gasteiger partial charge in [-0.1, -0.05) is 12.1 Å². The lowest BCUT2D eigenvalue weighted by molar-refractivity contribution is 0.297. The van der Waals surface area contributed by atoms with Crippen LogP contribution in [0, 0.1) is 0 Å². The van der Waals surface area contributed by atoms with Crippen molar-refractivity contribution in [2.75, 3.05) is 25.0 Å². The minimum absolute atomic E-state index is 0.104. The summed E-state index contributed by atoms with van der Waals surface area (Å²) >= 11 is 0. The van der Waals surface area contributed by atoms with Crippen molar-refractivity contribution in [2.24, 2.45) is 0 Å². The molecule has 6 nitrogen and oxygen atoms in total. The molecule has 0 saturated carbocycles. The van der Waals surface area contributed by atoms with Crippen LogP contribution in [0.15, 0.2) is 47.4 Å². The topological polar surface area (TPSA) is 73.9 Å². The summed E-state index contributed by atoms with van der Waals surface area (Å²) in [6, 6.07) is 11.4. The summed E-state index contributed by atoms with van der Waals surface area (Å²) < 4.78 is 43.9. The molecule has 0 fully saturated rings. The second-order valence-corrected chi connectivity index (χ2v) is 6.65. The molecule has 1 aliphatic heterocycles. The van der Waals surface area contributed by atoms with E-state index < -0.39 is 10.0 Å². The van der Waals surface area contributed by atoms with Gasteiger partial charge in [0.1, 0.15) is 5.75 Å². The molecule has 3 rings (SSSR count). The van der Waals surface area contributed by atoms with Crippen molar-refractivity contribution in [1.82, 2.24) is 0 Å². The number of anilines is 1. The van der Waals surface area contributed by atoms with Gasteiger partial charge in [-0.15, -0.1) is 0 Å². The number of fused-ring (bicyclic) bond motifs is 1. The Balaban J connectivity index is 1.92. The van der Waals surface area contributed by atoms with Crippen molar-refractivity contribution in [2.45, 2.75) is 11.3 Å². The summed E-state index contributed by atoms with van der Waals surface area (Å²) in [7, 11) is -2.27. The highest BCUT2D eigenvalue weighted by Gasteiger charge is 2.20. The first-order chi connectivity index (χ1) is 11.1. The van der Waals surface area contributed by atoms with E-state index in [4.69, 9.17) is 14.2 Å². The molecule has 0 unspecified atom stereocenters. The van der Waals surface area contributed by atoms with E-state index in [9.17, 15) is 8.42 Å². The van der Waals surface area contributed by atoms with Crippen LogP contribution < -0.4 is 18.9 Å². The average Bonchev–Trinajstić information content (AvgIpc) is 2.79. The summed E-state index contributed by atoms with van der Waals surface area (Å²) in [6.45, 7) is 1.05. The normalized spacial score (nSPS) is 14.0. The Kier molecular flexibility index (Phi) is 4.29. The summed E-state index contributed by atoms with van der Waals surface area (Å²) in [5, 5.41) is 0. The molecule has 0 amide bonds. The van der Waals surface area contributed by atoms with E-state index in [1.54, 1.807) is 30.3 Å². The van der Waals surface area contributed by atoms with Crippen molar-refractivity contribution in [3.63, 3.8) is 0 Å². The summed E-state index contributed by atoms with van der Waals surface area (Å²) in [5.41, 5.74) is 0.377. The van der Waals surface area contributed by atoms with Crippen LogP contribution >= 0.6 is 0 Å². The third kappa shape index (κ3) is 3.34. The molecular formula is C16H17NO5S. The van der Waals surface area contributed by atoms with Gasteiger partial charge < -0.3 is 14.2 Å². The zero-order valence-electron chi connectivity index (χ0n) is 12.6. The van der Waals surface area contributed by atoms with Gasteiger partial charge in [0.2, 0.25) is 0 Å². The molecule has 0 aromatic heterocycles. The number of hydrogen-bond donors (Lipinski definition) is 1. The van der Waals surface area contributed by atoms with Crippen LogP contribution in [-0.2, 0) is 10.0 Å². The molecule has 0 saturated heterocycles. The molecule has 0 spiro atoms. The SMILES string of the molecule is COc1ccccc1NS(=O)(=O)c1ccc2c(c1)OCCCO2. The lowest BCUT2D eigenvalue weighted by Crippen LogP contribution is -2.13. The lowest BCUT2D eigenvalue weighted by Gasteiger charge is -2.13. The number of para-hydroxylation sites is 2. The molecule has 2 aromatic rings. The van der Waals surface area contributed by atoms with Crippen LogP contribution in [0.4, 0.5) is 5.69 Å². The minimum Gasteiger partial charge on any atom is -0.495 e. The van der Waals surface area contributed by atoms with Crippen molar-refractivity contribution in [1.29, 1.82) is 0 Å². The van der Waals surface area contributed by atoms with Gasteiger partial charge in [0.15, 0.2) is 11.5 Å². The molecule has 0 atom stereocenters. The maximum Gasteiger partial charge on any atom is 0.262 e. The first kappa shape index (κ1) is 15.5. The summed E-state index contributed by atoms with van der Waals surface area (Å²) in [6.07, 6.45) is 0.760. The van der Waals surface area contributed by atoms with E-state index in [0.717, 1.165) is 6.42 Å². The van der Waals surface area contributed by atoms with Gasteiger partial charge in [-0.05, 0) is 24.3 Å². The fourth-order valence-corrected chi connectivity index (χ4v) is 3.33. The van der Waals surface area contributed by atoms with Crippen molar-refractivity contribution < 1.29 is 22.6 Å². The number of sulfonamides is 1. The Bertz CT molecular complexity index is 804. The summed E-state index contributed by atoms with van der Waals surface area (Å²) in [4.78, 5) is 0.104. The molecule has 7 heteroatoms. The molecular weight excluding hydrogens is 318 g/mol. The predicted octanol–water partition coefficient (Wildman–Crippen LogP) is 2.66. The minimum atomic E-state index is -3.76. The van der Waals surface area contributed by atoms with Gasteiger partial charge in [0.05, 0.1) is 30.9 Å². The molecule has 0 bridgehead atoms. The fraction of sp³-hybridized carbons (Fsp3) is 0.250. The predicted molar refractivity (Wildman–Crippen MR) is 85.9 cm³/mol. The molecule has 122 valence electrons. The largest absolute Gasteiger partial charge is 0.495 e. The third-order valence-electron chi connectivity index (χ3n) is 3.38. The zero-order valence-corrected chi connectivity index (χ0v) is 13.4. The van der Waals surface area contributed by atoms with E-state index in [1.807, 2.05) is 0 Å². The number of nitrogens with one attached hydrogen (secondary N) is 1. The molecule has 1 N–H and O–H groups in total. The number of rotatable bonds is 4. The van der Waals surface area contributed by atoms with Crippen LogP contribution in [0.25, 0.3) is 0 Å². The van der Waals surface area contributed by atoms with Gasteiger partial charge >= 0.3 is 0 Å². The van der Waals surface area contributed by atoms with E-state index >= 15 is 0 Å². The van der Waals surface area contributed by atoms with Gasteiger partial charge in [-0.3, -0.25) is 4.72 Å². The van der Waals surface area contributed by atoms with Crippen LogP contribution in [0.3, 0.4) is 0 Å². The fourth-order valence-electron chi connectivity index (χ4n) is 2.24. The Morgan fingerprint density at radius 1 is 1.04 bits per heavy atom. The maximum atomic E-state index is 12.6. The quantitative estimate of drug-likeness (QED) is 0.930. The smallest absolute Gasteiger partial charge is 0.262 e. The second kappa shape index (κ2) is 6.37. The highest BCUT2D eigenvalue weighted by molar-refractivity contribution is 7.92. The third-order valence-corrected chi connectivity index (χ3v) is 4.74. The Hall–Kier alpha value is -2.41. The second-order valence-electron chi connectivity index (χ2n) is 4.96. The molecule has 1 heterocycles. The standard InChI is InChI=1S/C16H17NO5S/c1-20-14-6-3-2-5-13(14)17-23(18,19)12-7-8-15-16(11-12)22-10-4-9-21-15/h2-3,5-8,11,17H,4,9-10H2,1H3. The first-order valence-electron chi connectivity index (χ1n) is 7.15. The van der Waals surface area contributed by atoms with Crippen LogP contribution in [0.5, 0.6) is 17.2 Å². The first-order valence-corrected chi connectivity index (χ1v) is 8.64. The number of hydrogen-bond acceptors (Lipinski definition) is 5. The van der Waals surface area contributed by atoms with Crippen LogP contribution in [0.1, 0.15) is 6.42 Å². The molecule has 0 radical (unpaired) electrons. The van der Waals surface area contributed by atoms with Crippen LogP contribution in [0.2, 0.25) is 0 Å². The number of ether oxygens (including phenoxy) is 3. The lowest BCUT2D eigenvalue weighted by atomic mass is 10.3. The number of benzene rings is 2. The van der Waals surface area contributed by atoms with E-state index in [1.165, 1.54) is 19.2 Å². The average molecular weight is 335 g/mol. The van der Waals surface area contributed by atoms with Crippen LogP contribution in [-0.4, -0.2) is 28.7 Å².